The zero-order chi connectivity index (χ0) is 16.7. The average Bonchev–Trinajstić information content (AvgIpc) is 2.55. The van der Waals surface area contributed by atoms with Crippen LogP contribution in [0.15, 0.2) is 59.2 Å². The van der Waals surface area contributed by atoms with Crippen molar-refractivity contribution >= 4 is 41.5 Å². The van der Waals surface area contributed by atoms with Crippen molar-refractivity contribution in [1.29, 1.82) is 0 Å². The van der Waals surface area contributed by atoms with Gasteiger partial charge in [-0.1, -0.05) is 47.5 Å². The summed E-state index contributed by atoms with van der Waals surface area (Å²) in [5.41, 5.74) is 1.86. The molecule has 0 atom stereocenters. The van der Waals surface area contributed by atoms with Crippen LogP contribution in [-0.4, -0.2) is 18.8 Å². The van der Waals surface area contributed by atoms with E-state index in [1.54, 1.807) is 55.6 Å². The molecular weight excluding hydrogens is 333 g/mol. The second-order valence-electron chi connectivity index (χ2n) is 4.61. The van der Waals surface area contributed by atoms with E-state index in [9.17, 15) is 4.79 Å². The van der Waals surface area contributed by atoms with Crippen LogP contribution >= 0.6 is 23.2 Å². The van der Waals surface area contributed by atoms with Crippen molar-refractivity contribution in [2.45, 2.75) is 6.92 Å². The Hall–Kier alpha value is -2.10. The largest absolute Gasteiger partial charge is 0.461 e. The topological polar surface area (TPSA) is 38.7 Å². The van der Waals surface area contributed by atoms with Crippen LogP contribution < -0.4 is 0 Å². The summed E-state index contributed by atoms with van der Waals surface area (Å²) in [4.78, 5) is 16.3. The molecule has 0 spiro atoms. The maximum absolute atomic E-state index is 12.0. The standard InChI is InChI=1S/C18H15Cl2NO2/c1-2-23-18(22)17(11-13-3-7-15(19)8-4-13)21-12-14-5-9-16(20)10-6-14/h3-12H,2H2,1H3/b17-11-,21-12?. The molecule has 2 aromatic rings. The summed E-state index contributed by atoms with van der Waals surface area (Å²) in [6.45, 7) is 2.04. The smallest absolute Gasteiger partial charge is 0.356 e. The molecule has 5 heteroatoms. The summed E-state index contributed by atoms with van der Waals surface area (Å²) in [7, 11) is 0. The fraction of sp³-hybridized carbons (Fsp3) is 0.111. The van der Waals surface area contributed by atoms with E-state index in [0.717, 1.165) is 11.1 Å². The number of aliphatic imine (C=N–C) groups is 1. The quantitative estimate of drug-likeness (QED) is 0.432. The van der Waals surface area contributed by atoms with E-state index < -0.39 is 5.97 Å². The first-order valence-corrected chi connectivity index (χ1v) is 7.78. The minimum Gasteiger partial charge on any atom is -0.461 e. The molecule has 118 valence electrons. The van der Waals surface area contributed by atoms with Crippen molar-refractivity contribution < 1.29 is 9.53 Å². The van der Waals surface area contributed by atoms with E-state index in [-0.39, 0.29) is 12.3 Å². The van der Waals surface area contributed by atoms with Gasteiger partial charge in [-0.3, -0.25) is 0 Å². The first-order chi connectivity index (χ1) is 11.1. The van der Waals surface area contributed by atoms with Gasteiger partial charge in [-0.15, -0.1) is 0 Å². The normalized spacial score (nSPS) is 11.7. The first kappa shape index (κ1) is 17.3. The molecule has 0 fully saturated rings. The monoisotopic (exact) mass is 347 g/mol. The molecule has 0 amide bonds. The highest BCUT2D eigenvalue weighted by atomic mass is 35.5. The Morgan fingerprint density at radius 2 is 1.52 bits per heavy atom. The third-order valence-electron chi connectivity index (χ3n) is 2.88. The Morgan fingerprint density at radius 1 is 1.00 bits per heavy atom. The van der Waals surface area contributed by atoms with Gasteiger partial charge in [0.05, 0.1) is 6.61 Å². The van der Waals surface area contributed by atoms with Gasteiger partial charge in [-0.2, -0.15) is 0 Å². The van der Waals surface area contributed by atoms with E-state index in [1.807, 2.05) is 12.1 Å². The number of carbonyl (C=O) groups excluding carboxylic acids is 1. The summed E-state index contributed by atoms with van der Waals surface area (Å²) in [5, 5.41) is 1.27. The summed E-state index contributed by atoms with van der Waals surface area (Å²) in [5.74, 6) is -0.479. The predicted molar refractivity (Wildman–Crippen MR) is 95.1 cm³/mol. The maximum atomic E-state index is 12.0. The van der Waals surface area contributed by atoms with Crippen LogP contribution in [0.5, 0.6) is 0 Å². The van der Waals surface area contributed by atoms with Crippen molar-refractivity contribution in [3.05, 3.63) is 75.4 Å². The lowest BCUT2D eigenvalue weighted by Crippen LogP contribution is -2.06. The van der Waals surface area contributed by atoms with Crippen LogP contribution in [0, 0.1) is 0 Å². The highest BCUT2D eigenvalue weighted by molar-refractivity contribution is 6.30. The zero-order valence-corrected chi connectivity index (χ0v) is 14.0. The molecule has 0 aliphatic carbocycles. The molecule has 0 saturated heterocycles. The molecule has 0 aliphatic heterocycles. The predicted octanol–water partition coefficient (Wildman–Crippen LogP) is 5.02. The van der Waals surface area contributed by atoms with Gasteiger partial charge < -0.3 is 4.74 Å². The molecule has 0 aromatic heterocycles. The molecule has 0 unspecified atom stereocenters. The minimum absolute atomic E-state index is 0.212. The van der Waals surface area contributed by atoms with Crippen molar-refractivity contribution in [3.63, 3.8) is 0 Å². The van der Waals surface area contributed by atoms with Crippen LogP contribution in [0.4, 0.5) is 0 Å². The lowest BCUT2D eigenvalue weighted by molar-refractivity contribution is -0.138. The zero-order valence-electron chi connectivity index (χ0n) is 12.5. The molecule has 3 nitrogen and oxygen atoms in total. The Labute approximate surface area is 145 Å². The van der Waals surface area contributed by atoms with Crippen LogP contribution in [0.1, 0.15) is 18.1 Å². The Kier molecular flexibility index (Phi) is 6.39. The van der Waals surface area contributed by atoms with Gasteiger partial charge in [0.25, 0.3) is 0 Å². The SMILES string of the molecule is CCOC(=O)/C(=C/c1ccc(Cl)cc1)N=Cc1ccc(Cl)cc1. The van der Waals surface area contributed by atoms with Crippen molar-refractivity contribution in [2.75, 3.05) is 6.61 Å². The number of ether oxygens (including phenoxy) is 1. The Balaban J connectivity index is 2.28. The van der Waals surface area contributed by atoms with Crippen LogP contribution in [0.3, 0.4) is 0 Å². The van der Waals surface area contributed by atoms with E-state index in [2.05, 4.69) is 4.99 Å². The highest BCUT2D eigenvalue weighted by Gasteiger charge is 2.09. The third kappa shape index (κ3) is 5.55. The van der Waals surface area contributed by atoms with Gasteiger partial charge in [0, 0.05) is 16.3 Å². The van der Waals surface area contributed by atoms with Gasteiger partial charge in [0.1, 0.15) is 5.70 Å². The third-order valence-corrected chi connectivity index (χ3v) is 3.38. The Bertz CT molecular complexity index is 720. The maximum Gasteiger partial charge on any atom is 0.356 e. The van der Waals surface area contributed by atoms with Gasteiger partial charge in [0.2, 0.25) is 0 Å². The van der Waals surface area contributed by atoms with Gasteiger partial charge >= 0.3 is 5.97 Å². The number of hydrogen-bond donors (Lipinski definition) is 0. The Morgan fingerprint density at radius 3 is 2.04 bits per heavy atom. The molecule has 2 rings (SSSR count). The molecule has 23 heavy (non-hydrogen) atoms. The molecule has 2 aromatic carbocycles. The van der Waals surface area contributed by atoms with E-state index >= 15 is 0 Å². The summed E-state index contributed by atoms with van der Waals surface area (Å²) < 4.78 is 5.04. The molecule has 0 heterocycles. The van der Waals surface area contributed by atoms with Gasteiger partial charge in [-0.25, -0.2) is 9.79 Å². The van der Waals surface area contributed by atoms with Gasteiger partial charge in [0.15, 0.2) is 0 Å². The number of rotatable bonds is 5. The number of hydrogen-bond acceptors (Lipinski definition) is 3. The van der Waals surface area contributed by atoms with Crippen molar-refractivity contribution in [2.24, 2.45) is 4.99 Å². The molecular formula is C18H15Cl2NO2. The van der Waals surface area contributed by atoms with Gasteiger partial charge in [-0.05, 0) is 48.4 Å². The number of nitrogens with zero attached hydrogens (tertiary/aromatic N) is 1. The van der Waals surface area contributed by atoms with E-state index in [4.69, 9.17) is 27.9 Å². The van der Waals surface area contributed by atoms with Crippen LogP contribution in [0.2, 0.25) is 10.0 Å². The second-order valence-corrected chi connectivity index (χ2v) is 5.48. The highest BCUT2D eigenvalue weighted by Crippen LogP contribution is 2.14. The molecule has 0 saturated carbocycles. The summed E-state index contributed by atoms with van der Waals surface area (Å²) >= 11 is 11.7. The number of halogens is 2. The van der Waals surface area contributed by atoms with E-state index in [0.29, 0.717) is 10.0 Å². The minimum atomic E-state index is -0.479. The molecule has 0 bridgehead atoms. The summed E-state index contributed by atoms with van der Waals surface area (Å²) in [6.07, 6.45) is 3.25. The lowest BCUT2D eigenvalue weighted by Gasteiger charge is -2.03. The first-order valence-electron chi connectivity index (χ1n) is 7.02. The van der Waals surface area contributed by atoms with Crippen molar-refractivity contribution in [3.8, 4) is 0 Å². The average molecular weight is 348 g/mol. The summed E-state index contributed by atoms with van der Waals surface area (Å²) in [6, 6.07) is 14.3. The fourth-order valence-electron chi connectivity index (χ4n) is 1.76. The second kappa shape index (κ2) is 8.51. The van der Waals surface area contributed by atoms with E-state index in [1.165, 1.54) is 0 Å². The number of esters is 1. The van der Waals surface area contributed by atoms with Crippen LogP contribution in [0.25, 0.3) is 6.08 Å². The molecule has 0 N–H and O–H groups in total. The van der Waals surface area contributed by atoms with Crippen molar-refractivity contribution in [1.82, 2.24) is 0 Å². The number of benzene rings is 2. The number of carbonyl (C=O) groups is 1. The fourth-order valence-corrected chi connectivity index (χ4v) is 2.02. The molecule has 0 aliphatic rings. The lowest BCUT2D eigenvalue weighted by atomic mass is 10.2. The van der Waals surface area contributed by atoms with Crippen LogP contribution in [-0.2, 0) is 9.53 Å². The molecule has 0 radical (unpaired) electrons.